The maximum absolute atomic E-state index is 12.6. The standard InChI is InChI=1S/C22H24N2O4/c1-4-22(20(26)27,24-15-8-6-5-7-9-15)18-16-12-14(13-23)10-11-17(16)28-21(2,3)19(18)25/h5-12,18-19,24-25H,4H2,1-3H3,(H,26,27)/t18-,19+,22?/m0/s1. The molecule has 0 spiro atoms. The van der Waals surface area contributed by atoms with E-state index in [0.717, 1.165) is 0 Å². The summed E-state index contributed by atoms with van der Waals surface area (Å²) < 4.78 is 5.95. The SMILES string of the molecule is CCC(Nc1ccccc1)(C(=O)O)[C@H]1c2cc(C#N)ccc2OC(C)(C)[C@@H]1O. The number of nitrogens with one attached hydrogen (secondary N) is 1. The number of ether oxygens (including phenoxy) is 1. The van der Waals surface area contributed by atoms with E-state index in [2.05, 4.69) is 11.4 Å². The molecule has 6 heteroatoms. The Labute approximate surface area is 164 Å². The molecule has 0 aromatic heterocycles. The Balaban J connectivity index is 2.23. The summed E-state index contributed by atoms with van der Waals surface area (Å²) >= 11 is 0. The molecule has 0 fully saturated rings. The lowest BCUT2D eigenvalue weighted by Crippen LogP contribution is -2.61. The van der Waals surface area contributed by atoms with Gasteiger partial charge in [-0.1, -0.05) is 25.1 Å². The molecule has 0 saturated carbocycles. The van der Waals surface area contributed by atoms with Crippen LogP contribution in [0, 0.1) is 11.3 Å². The van der Waals surface area contributed by atoms with Crippen molar-refractivity contribution in [1.29, 1.82) is 5.26 Å². The molecular formula is C22H24N2O4. The van der Waals surface area contributed by atoms with Crippen molar-refractivity contribution in [3.8, 4) is 11.8 Å². The van der Waals surface area contributed by atoms with Gasteiger partial charge in [0.25, 0.3) is 0 Å². The van der Waals surface area contributed by atoms with Crippen molar-refractivity contribution in [2.24, 2.45) is 0 Å². The first-order valence-electron chi connectivity index (χ1n) is 9.23. The van der Waals surface area contributed by atoms with Gasteiger partial charge in [0.15, 0.2) is 0 Å². The summed E-state index contributed by atoms with van der Waals surface area (Å²) in [6.45, 7) is 5.24. The molecule has 0 aliphatic carbocycles. The Morgan fingerprint density at radius 1 is 1.29 bits per heavy atom. The maximum Gasteiger partial charge on any atom is 0.330 e. The fourth-order valence-corrected chi connectivity index (χ4v) is 3.91. The minimum atomic E-state index is -1.50. The fraction of sp³-hybridized carbons (Fsp3) is 0.364. The van der Waals surface area contributed by atoms with Crippen LogP contribution in [0.5, 0.6) is 5.75 Å². The van der Waals surface area contributed by atoms with E-state index in [1.54, 1.807) is 51.1 Å². The first-order chi connectivity index (χ1) is 13.2. The Morgan fingerprint density at radius 2 is 1.96 bits per heavy atom. The minimum Gasteiger partial charge on any atom is -0.485 e. The molecule has 3 rings (SSSR count). The number of carbonyl (C=O) groups is 1. The zero-order valence-electron chi connectivity index (χ0n) is 16.1. The second-order valence-electron chi connectivity index (χ2n) is 7.61. The monoisotopic (exact) mass is 380 g/mol. The normalized spacial score (nSPS) is 22.1. The molecule has 0 saturated heterocycles. The molecule has 0 amide bonds. The lowest BCUT2D eigenvalue weighted by molar-refractivity contribution is -0.148. The zero-order chi connectivity index (χ0) is 20.5. The Morgan fingerprint density at radius 3 is 2.54 bits per heavy atom. The molecule has 0 bridgehead atoms. The molecule has 2 aromatic rings. The van der Waals surface area contributed by atoms with Crippen LogP contribution in [0.15, 0.2) is 48.5 Å². The third kappa shape index (κ3) is 3.19. The summed E-state index contributed by atoms with van der Waals surface area (Å²) in [4.78, 5) is 12.6. The molecule has 1 aliphatic heterocycles. The lowest BCUT2D eigenvalue weighted by Gasteiger charge is -2.49. The number of para-hydroxylation sites is 1. The van der Waals surface area contributed by atoms with E-state index in [1.165, 1.54) is 0 Å². The number of nitrogens with zero attached hydrogens (tertiary/aromatic N) is 1. The summed E-state index contributed by atoms with van der Waals surface area (Å²) in [5.41, 5.74) is -0.959. The predicted octanol–water partition coefficient (Wildman–Crippen LogP) is 3.52. The van der Waals surface area contributed by atoms with E-state index in [0.29, 0.717) is 22.6 Å². The third-order valence-electron chi connectivity index (χ3n) is 5.49. The number of aliphatic hydroxyl groups is 1. The van der Waals surface area contributed by atoms with Crippen molar-refractivity contribution >= 4 is 11.7 Å². The summed E-state index contributed by atoms with van der Waals surface area (Å²) in [6, 6.07) is 16.0. The van der Waals surface area contributed by atoms with Crippen LogP contribution in [-0.2, 0) is 4.79 Å². The molecule has 0 radical (unpaired) electrons. The van der Waals surface area contributed by atoms with Gasteiger partial charge in [-0.15, -0.1) is 0 Å². The molecule has 2 aromatic carbocycles. The van der Waals surface area contributed by atoms with Crippen LogP contribution in [0.2, 0.25) is 0 Å². The van der Waals surface area contributed by atoms with Crippen LogP contribution in [0.1, 0.15) is 44.2 Å². The van der Waals surface area contributed by atoms with Gasteiger partial charge in [0.1, 0.15) is 23.0 Å². The van der Waals surface area contributed by atoms with Gasteiger partial charge in [-0.05, 0) is 50.6 Å². The highest BCUT2D eigenvalue weighted by Gasteiger charge is 2.56. The van der Waals surface area contributed by atoms with Crippen LogP contribution < -0.4 is 10.1 Å². The molecule has 1 aliphatic rings. The van der Waals surface area contributed by atoms with Gasteiger partial charge < -0.3 is 20.3 Å². The van der Waals surface area contributed by atoms with Gasteiger partial charge in [-0.25, -0.2) is 4.79 Å². The van der Waals surface area contributed by atoms with Gasteiger partial charge in [0, 0.05) is 11.3 Å². The van der Waals surface area contributed by atoms with Crippen LogP contribution in [0.4, 0.5) is 5.69 Å². The number of hydrogen-bond donors (Lipinski definition) is 3. The topological polar surface area (TPSA) is 103 Å². The largest absolute Gasteiger partial charge is 0.485 e. The second kappa shape index (κ2) is 7.17. The minimum absolute atomic E-state index is 0.214. The van der Waals surface area contributed by atoms with Crippen molar-refractivity contribution in [2.75, 3.05) is 5.32 Å². The number of anilines is 1. The molecular weight excluding hydrogens is 356 g/mol. The van der Waals surface area contributed by atoms with Crippen LogP contribution in [0.25, 0.3) is 0 Å². The first-order valence-corrected chi connectivity index (χ1v) is 9.23. The van der Waals surface area contributed by atoms with E-state index in [1.807, 2.05) is 18.2 Å². The summed E-state index contributed by atoms with van der Waals surface area (Å²) in [5, 5.41) is 34.0. The Hall–Kier alpha value is -3.04. The first kappa shape index (κ1) is 19.7. The summed E-state index contributed by atoms with van der Waals surface area (Å²) in [5.74, 6) is -1.43. The van der Waals surface area contributed by atoms with E-state index in [-0.39, 0.29) is 6.42 Å². The van der Waals surface area contributed by atoms with Gasteiger partial charge in [0.2, 0.25) is 0 Å². The van der Waals surface area contributed by atoms with Crippen LogP contribution in [0.3, 0.4) is 0 Å². The highest BCUT2D eigenvalue weighted by atomic mass is 16.5. The Bertz CT molecular complexity index is 920. The Kier molecular flexibility index (Phi) is 5.05. The second-order valence-corrected chi connectivity index (χ2v) is 7.61. The van der Waals surface area contributed by atoms with Crippen molar-refractivity contribution < 1.29 is 19.7 Å². The predicted molar refractivity (Wildman–Crippen MR) is 105 cm³/mol. The number of aliphatic carboxylic acids is 1. The number of nitriles is 1. The molecule has 6 nitrogen and oxygen atoms in total. The molecule has 3 N–H and O–H groups in total. The van der Waals surface area contributed by atoms with Crippen molar-refractivity contribution in [3.63, 3.8) is 0 Å². The average molecular weight is 380 g/mol. The molecule has 1 heterocycles. The van der Waals surface area contributed by atoms with E-state index >= 15 is 0 Å². The molecule has 146 valence electrons. The third-order valence-corrected chi connectivity index (χ3v) is 5.49. The summed E-state index contributed by atoms with van der Waals surface area (Å²) in [6.07, 6.45) is -0.896. The van der Waals surface area contributed by atoms with Crippen LogP contribution >= 0.6 is 0 Å². The molecule has 3 atom stereocenters. The highest BCUT2D eigenvalue weighted by Crippen LogP contribution is 2.48. The number of fused-ring (bicyclic) bond motifs is 1. The van der Waals surface area contributed by atoms with E-state index in [4.69, 9.17) is 4.74 Å². The fourth-order valence-electron chi connectivity index (χ4n) is 3.91. The molecule has 28 heavy (non-hydrogen) atoms. The zero-order valence-corrected chi connectivity index (χ0v) is 16.1. The number of carboxylic acid groups (broad SMARTS) is 1. The van der Waals surface area contributed by atoms with Crippen molar-refractivity contribution in [2.45, 2.75) is 50.4 Å². The smallest absolute Gasteiger partial charge is 0.330 e. The van der Waals surface area contributed by atoms with Gasteiger partial charge in [-0.3, -0.25) is 0 Å². The van der Waals surface area contributed by atoms with Gasteiger partial charge in [0.05, 0.1) is 17.6 Å². The van der Waals surface area contributed by atoms with Crippen molar-refractivity contribution in [3.05, 3.63) is 59.7 Å². The van der Waals surface area contributed by atoms with Crippen LogP contribution in [-0.4, -0.2) is 33.4 Å². The number of hydrogen-bond acceptors (Lipinski definition) is 5. The van der Waals surface area contributed by atoms with Crippen molar-refractivity contribution in [1.82, 2.24) is 0 Å². The quantitative estimate of drug-likeness (QED) is 0.733. The van der Waals surface area contributed by atoms with E-state index in [9.17, 15) is 20.3 Å². The van der Waals surface area contributed by atoms with Gasteiger partial charge >= 0.3 is 5.97 Å². The number of benzene rings is 2. The number of aliphatic hydroxyl groups excluding tert-OH is 1. The van der Waals surface area contributed by atoms with E-state index < -0.39 is 29.1 Å². The molecule has 1 unspecified atom stereocenters. The average Bonchev–Trinajstić information content (AvgIpc) is 2.67. The van der Waals surface area contributed by atoms with Gasteiger partial charge in [-0.2, -0.15) is 5.26 Å². The highest BCUT2D eigenvalue weighted by molar-refractivity contribution is 5.85. The maximum atomic E-state index is 12.6. The summed E-state index contributed by atoms with van der Waals surface area (Å²) in [7, 11) is 0. The lowest BCUT2D eigenvalue weighted by atomic mass is 9.68. The number of carboxylic acids is 1. The number of rotatable bonds is 5.